The van der Waals surface area contributed by atoms with Crippen LogP contribution >= 0.6 is 11.8 Å². The van der Waals surface area contributed by atoms with Gasteiger partial charge in [-0.25, -0.2) is 4.79 Å². The van der Waals surface area contributed by atoms with Crippen LogP contribution in [0.2, 0.25) is 0 Å². The number of urea groups is 1. The van der Waals surface area contributed by atoms with Crippen molar-refractivity contribution < 1.29 is 4.79 Å². The number of carbonyl (C=O) groups excluding carboxylic acids is 1. The predicted molar refractivity (Wildman–Crippen MR) is 66.3 cm³/mol. The van der Waals surface area contributed by atoms with Crippen molar-refractivity contribution >= 4 is 23.0 Å². The molecule has 1 aromatic carbocycles. The molecule has 1 heterocycles. The molecule has 0 aromatic heterocycles. The molecule has 5 heteroatoms. The van der Waals surface area contributed by atoms with Crippen molar-refractivity contribution in [2.75, 3.05) is 12.3 Å². The average molecular weight is 235 g/mol. The molecule has 2 amide bonds. The molecule has 0 atom stereocenters. The standard InChI is InChI=1S/C11H13N3OS/c12-10(15)13-11-14(6-7-16-11)8-9-4-2-1-3-5-9/h1-5H,6-8H2,(H2,12,15). The molecule has 1 aliphatic heterocycles. The molecule has 4 nitrogen and oxygen atoms in total. The SMILES string of the molecule is NC(=O)N=C1SCCN1Cc1ccccc1. The van der Waals surface area contributed by atoms with Gasteiger partial charge in [0.2, 0.25) is 0 Å². The first-order valence-electron chi connectivity index (χ1n) is 5.05. The van der Waals surface area contributed by atoms with Crippen molar-refractivity contribution in [2.45, 2.75) is 6.54 Å². The molecule has 0 spiro atoms. The number of thioether (sulfide) groups is 1. The molecule has 1 aromatic rings. The molecule has 16 heavy (non-hydrogen) atoms. The van der Waals surface area contributed by atoms with Crippen LogP contribution < -0.4 is 5.73 Å². The third-order valence-electron chi connectivity index (χ3n) is 2.28. The van der Waals surface area contributed by atoms with Gasteiger partial charge in [0.05, 0.1) is 0 Å². The number of benzene rings is 1. The fourth-order valence-corrected chi connectivity index (χ4v) is 2.57. The van der Waals surface area contributed by atoms with E-state index < -0.39 is 6.03 Å². The monoisotopic (exact) mass is 235 g/mol. The zero-order valence-electron chi connectivity index (χ0n) is 8.80. The number of amides is 2. The second-order valence-corrected chi connectivity index (χ2v) is 4.55. The molecule has 1 saturated heterocycles. The van der Waals surface area contributed by atoms with E-state index in [1.807, 2.05) is 18.2 Å². The normalized spacial score (nSPS) is 18.0. The minimum atomic E-state index is -0.623. The van der Waals surface area contributed by atoms with Crippen LogP contribution in [-0.4, -0.2) is 28.4 Å². The van der Waals surface area contributed by atoms with E-state index in [4.69, 9.17) is 5.73 Å². The van der Waals surface area contributed by atoms with Gasteiger partial charge in [0.15, 0.2) is 5.17 Å². The first-order chi connectivity index (χ1) is 7.75. The molecule has 2 rings (SSSR count). The van der Waals surface area contributed by atoms with Crippen molar-refractivity contribution in [2.24, 2.45) is 10.7 Å². The maximum Gasteiger partial charge on any atom is 0.340 e. The van der Waals surface area contributed by atoms with Crippen LogP contribution in [0.4, 0.5) is 4.79 Å². The highest BCUT2D eigenvalue weighted by atomic mass is 32.2. The van der Waals surface area contributed by atoms with Crippen LogP contribution in [0.25, 0.3) is 0 Å². The number of hydrogen-bond acceptors (Lipinski definition) is 2. The smallest absolute Gasteiger partial charge is 0.340 e. The molecule has 0 unspecified atom stereocenters. The van der Waals surface area contributed by atoms with E-state index in [0.717, 1.165) is 24.0 Å². The molecule has 0 saturated carbocycles. The molecule has 0 bridgehead atoms. The zero-order chi connectivity index (χ0) is 11.4. The van der Waals surface area contributed by atoms with Gasteiger partial charge in [-0.1, -0.05) is 42.1 Å². The number of nitrogens with zero attached hydrogens (tertiary/aromatic N) is 2. The molecule has 2 N–H and O–H groups in total. The van der Waals surface area contributed by atoms with Crippen molar-refractivity contribution in [3.05, 3.63) is 35.9 Å². The lowest BCUT2D eigenvalue weighted by molar-refractivity contribution is 0.256. The van der Waals surface area contributed by atoms with E-state index in [-0.39, 0.29) is 0 Å². The Bertz CT molecular complexity index is 405. The lowest BCUT2D eigenvalue weighted by atomic mass is 10.2. The summed E-state index contributed by atoms with van der Waals surface area (Å²) in [6, 6.07) is 9.49. The van der Waals surface area contributed by atoms with Crippen LogP contribution in [0.5, 0.6) is 0 Å². The Labute approximate surface area is 98.5 Å². The van der Waals surface area contributed by atoms with Gasteiger partial charge in [0.1, 0.15) is 0 Å². The first-order valence-corrected chi connectivity index (χ1v) is 6.04. The van der Waals surface area contributed by atoms with E-state index in [1.165, 1.54) is 5.56 Å². The predicted octanol–water partition coefficient (Wildman–Crippen LogP) is 1.67. The van der Waals surface area contributed by atoms with E-state index in [1.54, 1.807) is 11.8 Å². The van der Waals surface area contributed by atoms with Crippen molar-refractivity contribution in [3.63, 3.8) is 0 Å². The van der Waals surface area contributed by atoms with E-state index in [2.05, 4.69) is 22.0 Å². The summed E-state index contributed by atoms with van der Waals surface area (Å²) in [6.45, 7) is 1.69. The summed E-state index contributed by atoms with van der Waals surface area (Å²) in [5.41, 5.74) is 6.27. The van der Waals surface area contributed by atoms with E-state index >= 15 is 0 Å². The molecule has 1 fully saturated rings. The lowest BCUT2D eigenvalue weighted by Gasteiger charge is -2.17. The third kappa shape index (κ3) is 2.76. The molecule has 0 radical (unpaired) electrons. The Morgan fingerprint density at radius 3 is 2.88 bits per heavy atom. The highest BCUT2D eigenvalue weighted by molar-refractivity contribution is 8.14. The van der Waals surface area contributed by atoms with Gasteiger partial charge >= 0.3 is 6.03 Å². The Hall–Kier alpha value is -1.49. The fraction of sp³-hybridized carbons (Fsp3) is 0.273. The molecular weight excluding hydrogens is 222 g/mol. The maximum absolute atomic E-state index is 10.7. The van der Waals surface area contributed by atoms with Crippen molar-refractivity contribution in [1.29, 1.82) is 0 Å². The highest BCUT2D eigenvalue weighted by Crippen LogP contribution is 2.20. The van der Waals surface area contributed by atoms with E-state index in [9.17, 15) is 4.79 Å². The zero-order valence-corrected chi connectivity index (χ0v) is 9.61. The number of rotatable bonds is 2. The molecular formula is C11H13N3OS. The van der Waals surface area contributed by atoms with Gasteiger partial charge in [-0.05, 0) is 5.56 Å². The third-order valence-corrected chi connectivity index (χ3v) is 3.28. The van der Waals surface area contributed by atoms with Gasteiger partial charge in [0.25, 0.3) is 0 Å². The summed E-state index contributed by atoms with van der Waals surface area (Å²) in [7, 11) is 0. The number of hydrogen-bond donors (Lipinski definition) is 1. The second kappa shape index (κ2) is 5.03. The average Bonchev–Trinajstić information content (AvgIpc) is 2.66. The number of nitrogens with two attached hydrogens (primary N) is 1. The number of primary amides is 1. The summed E-state index contributed by atoms with van der Waals surface area (Å²) < 4.78 is 0. The summed E-state index contributed by atoms with van der Waals surface area (Å²) in [5.74, 6) is 0.957. The lowest BCUT2D eigenvalue weighted by Crippen LogP contribution is -2.25. The van der Waals surface area contributed by atoms with Crippen molar-refractivity contribution in [3.8, 4) is 0 Å². The number of amidine groups is 1. The maximum atomic E-state index is 10.7. The Balaban J connectivity index is 2.07. The first kappa shape index (κ1) is 11.0. The summed E-state index contributed by atoms with van der Waals surface area (Å²) in [5, 5.41) is 0.733. The molecule has 84 valence electrons. The Morgan fingerprint density at radius 2 is 2.19 bits per heavy atom. The Kier molecular flexibility index (Phi) is 3.46. The number of carbonyl (C=O) groups is 1. The van der Waals surface area contributed by atoms with Gasteiger partial charge in [-0.3, -0.25) is 0 Å². The fourth-order valence-electron chi connectivity index (χ4n) is 1.58. The minimum absolute atomic E-state index is 0.623. The van der Waals surface area contributed by atoms with Crippen molar-refractivity contribution in [1.82, 2.24) is 4.90 Å². The molecule has 0 aliphatic carbocycles. The molecule has 1 aliphatic rings. The highest BCUT2D eigenvalue weighted by Gasteiger charge is 2.19. The largest absolute Gasteiger partial charge is 0.350 e. The van der Waals surface area contributed by atoms with Gasteiger partial charge < -0.3 is 10.6 Å². The quantitative estimate of drug-likeness (QED) is 0.848. The van der Waals surface area contributed by atoms with E-state index in [0.29, 0.717) is 0 Å². The summed E-state index contributed by atoms with van der Waals surface area (Å²) in [4.78, 5) is 16.6. The topological polar surface area (TPSA) is 58.7 Å². The second-order valence-electron chi connectivity index (χ2n) is 3.49. The van der Waals surface area contributed by atoms with Gasteiger partial charge in [-0.2, -0.15) is 4.99 Å². The van der Waals surface area contributed by atoms with Gasteiger partial charge in [0, 0.05) is 18.8 Å². The minimum Gasteiger partial charge on any atom is -0.350 e. The Morgan fingerprint density at radius 1 is 1.44 bits per heavy atom. The van der Waals surface area contributed by atoms with Crippen LogP contribution in [0.3, 0.4) is 0 Å². The number of aliphatic imine (C=N–C) groups is 1. The van der Waals surface area contributed by atoms with Crippen LogP contribution in [0.15, 0.2) is 35.3 Å². The summed E-state index contributed by atoms with van der Waals surface area (Å²) in [6.07, 6.45) is 0. The summed E-state index contributed by atoms with van der Waals surface area (Å²) >= 11 is 1.57. The van der Waals surface area contributed by atoms with Crippen LogP contribution in [0, 0.1) is 0 Å². The van der Waals surface area contributed by atoms with Crippen LogP contribution in [-0.2, 0) is 6.54 Å². The van der Waals surface area contributed by atoms with Gasteiger partial charge in [-0.15, -0.1) is 0 Å². The van der Waals surface area contributed by atoms with Crippen LogP contribution in [0.1, 0.15) is 5.56 Å².